The van der Waals surface area contributed by atoms with E-state index >= 15 is 0 Å². The predicted octanol–water partition coefficient (Wildman–Crippen LogP) is 3.50. The van der Waals surface area contributed by atoms with Crippen molar-refractivity contribution in [3.63, 3.8) is 0 Å². The van der Waals surface area contributed by atoms with Crippen LogP contribution in [0.15, 0.2) is 46.0 Å². The molecule has 118 valence electrons. The van der Waals surface area contributed by atoms with E-state index in [-0.39, 0.29) is 6.04 Å². The van der Waals surface area contributed by atoms with E-state index in [4.69, 9.17) is 4.74 Å². The van der Waals surface area contributed by atoms with Gasteiger partial charge < -0.3 is 4.74 Å². The molecule has 1 aromatic carbocycles. The highest BCUT2D eigenvalue weighted by atomic mass is 32.2. The van der Waals surface area contributed by atoms with Gasteiger partial charge in [0.1, 0.15) is 5.75 Å². The fourth-order valence-corrected chi connectivity index (χ4v) is 4.68. The first-order valence-corrected chi connectivity index (χ1v) is 9.75. The number of hydrogen-bond donors (Lipinski definition) is 0. The molecule has 1 saturated carbocycles. The van der Waals surface area contributed by atoms with Gasteiger partial charge in [0, 0.05) is 12.6 Å². The second kappa shape index (κ2) is 6.40. The average molecular weight is 337 g/mol. The third-order valence-corrected chi connectivity index (χ3v) is 6.26. The van der Waals surface area contributed by atoms with Crippen molar-refractivity contribution >= 4 is 21.4 Å². The van der Waals surface area contributed by atoms with Crippen LogP contribution in [-0.4, -0.2) is 25.4 Å². The molecule has 4 nitrogen and oxygen atoms in total. The summed E-state index contributed by atoms with van der Waals surface area (Å²) in [5, 5.41) is 3.98. The number of ether oxygens (including phenoxy) is 1. The molecule has 1 aliphatic carbocycles. The molecular formula is C16H19NO3S2. The maximum Gasteiger partial charge on any atom is 0.243 e. The van der Waals surface area contributed by atoms with Crippen LogP contribution in [0, 0.1) is 0 Å². The van der Waals surface area contributed by atoms with Crippen molar-refractivity contribution in [1.82, 2.24) is 4.31 Å². The van der Waals surface area contributed by atoms with Crippen LogP contribution in [0.1, 0.15) is 25.3 Å². The van der Waals surface area contributed by atoms with Gasteiger partial charge in [-0.15, -0.1) is 0 Å². The monoisotopic (exact) mass is 337 g/mol. The summed E-state index contributed by atoms with van der Waals surface area (Å²) in [6.07, 6.45) is 1.89. The standard InChI is InChI=1S/C16H19NO3S2/c1-2-20-15-5-7-16(8-6-15)22(18,19)17(14-3-4-14)11-13-9-10-21-12-13/h5-10,12,14H,2-4,11H2,1H3. The molecule has 2 aromatic rings. The number of rotatable bonds is 7. The number of thiophene rings is 1. The summed E-state index contributed by atoms with van der Waals surface area (Å²) < 4.78 is 32.8. The van der Waals surface area contributed by atoms with Gasteiger partial charge in [-0.05, 0) is 66.4 Å². The number of sulfonamides is 1. The Morgan fingerprint density at radius 1 is 1.23 bits per heavy atom. The van der Waals surface area contributed by atoms with Crippen molar-refractivity contribution in [2.45, 2.75) is 37.2 Å². The quantitative estimate of drug-likeness (QED) is 0.777. The van der Waals surface area contributed by atoms with Crippen LogP contribution < -0.4 is 4.74 Å². The van der Waals surface area contributed by atoms with Crippen molar-refractivity contribution in [3.05, 3.63) is 46.7 Å². The van der Waals surface area contributed by atoms with Gasteiger partial charge in [-0.25, -0.2) is 8.42 Å². The molecule has 1 aliphatic rings. The van der Waals surface area contributed by atoms with Crippen LogP contribution in [-0.2, 0) is 16.6 Å². The third kappa shape index (κ3) is 3.34. The Balaban J connectivity index is 1.85. The van der Waals surface area contributed by atoms with Crippen molar-refractivity contribution in [3.8, 4) is 5.75 Å². The highest BCUT2D eigenvalue weighted by Crippen LogP contribution is 2.34. The second-order valence-corrected chi connectivity index (χ2v) is 7.99. The average Bonchev–Trinajstić information content (AvgIpc) is 3.21. The van der Waals surface area contributed by atoms with Crippen molar-refractivity contribution in [2.75, 3.05) is 6.61 Å². The molecule has 1 fully saturated rings. The lowest BCUT2D eigenvalue weighted by molar-refractivity contribution is 0.340. The van der Waals surface area contributed by atoms with Crippen LogP contribution in [0.3, 0.4) is 0 Å². The zero-order chi connectivity index (χ0) is 15.6. The molecule has 1 heterocycles. The number of benzene rings is 1. The first-order chi connectivity index (χ1) is 10.6. The summed E-state index contributed by atoms with van der Waals surface area (Å²) in [7, 11) is -3.46. The van der Waals surface area contributed by atoms with Crippen LogP contribution >= 0.6 is 11.3 Å². The third-order valence-electron chi connectivity index (χ3n) is 3.61. The van der Waals surface area contributed by atoms with E-state index in [1.165, 1.54) is 0 Å². The Hall–Kier alpha value is -1.37. The lowest BCUT2D eigenvalue weighted by atomic mass is 10.3. The normalized spacial score (nSPS) is 15.2. The fourth-order valence-electron chi connectivity index (χ4n) is 2.35. The summed E-state index contributed by atoms with van der Waals surface area (Å²) >= 11 is 1.59. The van der Waals surface area contributed by atoms with Gasteiger partial charge in [-0.1, -0.05) is 0 Å². The van der Waals surface area contributed by atoms with Gasteiger partial charge in [0.25, 0.3) is 0 Å². The molecule has 0 atom stereocenters. The Labute approximate surface area is 135 Å². The Bertz CT molecular complexity index is 704. The van der Waals surface area contributed by atoms with Crippen LogP contribution in [0.25, 0.3) is 0 Å². The lowest BCUT2D eigenvalue weighted by Crippen LogP contribution is -2.32. The minimum Gasteiger partial charge on any atom is -0.494 e. The van der Waals surface area contributed by atoms with Crippen molar-refractivity contribution in [1.29, 1.82) is 0 Å². The predicted molar refractivity (Wildman–Crippen MR) is 87.7 cm³/mol. The van der Waals surface area contributed by atoms with Gasteiger partial charge in [0.2, 0.25) is 10.0 Å². The zero-order valence-corrected chi connectivity index (χ0v) is 14.1. The fraction of sp³-hybridized carbons (Fsp3) is 0.375. The smallest absolute Gasteiger partial charge is 0.243 e. The van der Waals surface area contributed by atoms with Gasteiger partial charge in [-0.3, -0.25) is 0 Å². The van der Waals surface area contributed by atoms with E-state index in [9.17, 15) is 8.42 Å². The molecule has 6 heteroatoms. The summed E-state index contributed by atoms with van der Waals surface area (Å²) in [6.45, 7) is 2.92. The maximum absolute atomic E-state index is 12.9. The van der Waals surface area contributed by atoms with Crippen molar-refractivity contribution < 1.29 is 13.2 Å². The molecule has 1 aromatic heterocycles. The van der Waals surface area contributed by atoms with Gasteiger partial charge in [0.15, 0.2) is 0 Å². The van der Waals surface area contributed by atoms with Gasteiger partial charge >= 0.3 is 0 Å². The minimum atomic E-state index is -3.46. The van der Waals surface area contributed by atoms with Gasteiger partial charge in [0.05, 0.1) is 11.5 Å². The molecule has 0 amide bonds. The minimum absolute atomic E-state index is 0.136. The van der Waals surface area contributed by atoms with Gasteiger partial charge in [-0.2, -0.15) is 15.6 Å². The van der Waals surface area contributed by atoms with E-state index in [1.54, 1.807) is 39.9 Å². The van der Waals surface area contributed by atoms with E-state index in [0.717, 1.165) is 18.4 Å². The lowest BCUT2D eigenvalue weighted by Gasteiger charge is -2.21. The molecule has 0 spiro atoms. The first-order valence-electron chi connectivity index (χ1n) is 7.37. The summed E-state index contributed by atoms with van der Waals surface area (Å²) in [5.74, 6) is 0.692. The Morgan fingerprint density at radius 3 is 2.50 bits per heavy atom. The number of hydrogen-bond acceptors (Lipinski definition) is 4. The van der Waals surface area contributed by atoms with E-state index in [1.807, 2.05) is 23.8 Å². The van der Waals surface area contributed by atoms with Crippen molar-refractivity contribution in [2.24, 2.45) is 0 Å². The topological polar surface area (TPSA) is 46.6 Å². The molecule has 0 bridgehead atoms. The Kier molecular flexibility index (Phi) is 4.52. The van der Waals surface area contributed by atoms with E-state index in [0.29, 0.717) is 23.8 Å². The molecule has 0 saturated heterocycles. The molecule has 0 aliphatic heterocycles. The molecule has 0 unspecified atom stereocenters. The summed E-state index contributed by atoms with van der Waals surface area (Å²) in [6, 6.07) is 8.80. The molecule has 22 heavy (non-hydrogen) atoms. The highest BCUT2D eigenvalue weighted by Gasteiger charge is 2.38. The van der Waals surface area contributed by atoms with Crippen LogP contribution in [0.2, 0.25) is 0 Å². The first kappa shape index (κ1) is 15.5. The second-order valence-electron chi connectivity index (χ2n) is 5.32. The summed E-state index contributed by atoms with van der Waals surface area (Å²) in [4.78, 5) is 0.332. The maximum atomic E-state index is 12.9. The largest absolute Gasteiger partial charge is 0.494 e. The van der Waals surface area contributed by atoms with E-state index < -0.39 is 10.0 Å². The molecule has 3 rings (SSSR count). The zero-order valence-electron chi connectivity index (χ0n) is 12.4. The molecule has 0 N–H and O–H groups in total. The highest BCUT2D eigenvalue weighted by molar-refractivity contribution is 7.89. The molecule has 0 radical (unpaired) electrons. The SMILES string of the molecule is CCOc1ccc(S(=O)(=O)N(Cc2ccsc2)C2CC2)cc1. The molecular weight excluding hydrogens is 318 g/mol. The Morgan fingerprint density at radius 2 is 1.95 bits per heavy atom. The summed E-state index contributed by atoms with van der Waals surface area (Å²) in [5.41, 5.74) is 1.05. The number of nitrogens with zero attached hydrogens (tertiary/aromatic N) is 1. The van der Waals surface area contributed by atoms with E-state index in [2.05, 4.69) is 0 Å². The van der Waals surface area contributed by atoms with Crippen LogP contribution in [0.5, 0.6) is 5.75 Å². The van der Waals surface area contributed by atoms with Crippen LogP contribution in [0.4, 0.5) is 0 Å².